The summed E-state index contributed by atoms with van der Waals surface area (Å²) in [5.74, 6) is 0.733. The van der Waals surface area contributed by atoms with Gasteiger partial charge in [-0.15, -0.1) is 0 Å². The number of nitrogens with one attached hydrogen (secondary N) is 1. The van der Waals surface area contributed by atoms with Gasteiger partial charge in [0.25, 0.3) is 11.8 Å². The van der Waals surface area contributed by atoms with Gasteiger partial charge in [0.15, 0.2) is 5.76 Å². The molecule has 1 saturated carbocycles. The Kier molecular flexibility index (Phi) is 5.04. The number of hydrogen-bond donors (Lipinski definition) is 1. The predicted molar refractivity (Wildman–Crippen MR) is 98.6 cm³/mol. The summed E-state index contributed by atoms with van der Waals surface area (Å²) in [5.41, 5.74) is 0.484. The molecule has 2 amide bonds. The van der Waals surface area contributed by atoms with E-state index in [0.29, 0.717) is 43.5 Å². The number of furan rings is 1. The van der Waals surface area contributed by atoms with E-state index in [4.69, 9.17) is 4.42 Å². The molecular formula is C19H23N5O3. The summed E-state index contributed by atoms with van der Waals surface area (Å²) >= 11 is 0. The SMILES string of the molecule is O=C(NC1CCCC1)c1cnc(N2CCN(C(=O)c3ccco3)CC2)nc1. The Hall–Kier alpha value is -2.90. The molecule has 1 saturated heterocycles. The third-order valence-electron chi connectivity index (χ3n) is 5.17. The zero-order valence-corrected chi connectivity index (χ0v) is 15.1. The van der Waals surface area contributed by atoms with E-state index in [-0.39, 0.29) is 17.9 Å². The van der Waals surface area contributed by atoms with E-state index in [1.807, 2.05) is 4.90 Å². The summed E-state index contributed by atoms with van der Waals surface area (Å²) in [6, 6.07) is 3.66. The molecule has 3 heterocycles. The van der Waals surface area contributed by atoms with E-state index in [2.05, 4.69) is 15.3 Å². The molecule has 2 fully saturated rings. The van der Waals surface area contributed by atoms with Crippen LogP contribution in [0.25, 0.3) is 0 Å². The molecule has 2 aromatic rings. The zero-order valence-electron chi connectivity index (χ0n) is 15.1. The van der Waals surface area contributed by atoms with E-state index >= 15 is 0 Å². The first-order valence-corrected chi connectivity index (χ1v) is 9.41. The van der Waals surface area contributed by atoms with E-state index < -0.39 is 0 Å². The summed E-state index contributed by atoms with van der Waals surface area (Å²) in [5, 5.41) is 3.04. The standard InChI is InChI=1S/C19H23N5O3/c25-17(22-15-4-1-2-5-15)14-12-20-19(21-13-14)24-9-7-23(8-10-24)18(26)16-6-3-11-27-16/h3,6,11-13,15H,1-2,4-5,7-10H2,(H,22,25). The van der Waals surface area contributed by atoms with Crippen molar-refractivity contribution < 1.29 is 14.0 Å². The molecule has 2 aliphatic rings. The highest BCUT2D eigenvalue weighted by Crippen LogP contribution is 2.18. The maximum atomic E-state index is 12.3. The molecule has 1 N–H and O–H groups in total. The van der Waals surface area contributed by atoms with Gasteiger partial charge in [-0.2, -0.15) is 0 Å². The quantitative estimate of drug-likeness (QED) is 0.882. The highest BCUT2D eigenvalue weighted by molar-refractivity contribution is 5.94. The van der Waals surface area contributed by atoms with Gasteiger partial charge in [-0.1, -0.05) is 12.8 Å². The Morgan fingerprint density at radius 1 is 1.07 bits per heavy atom. The first kappa shape index (κ1) is 17.5. The van der Waals surface area contributed by atoms with Gasteiger partial charge in [0.2, 0.25) is 5.95 Å². The largest absolute Gasteiger partial charge is 0.459 e. The number of hydrogen-bond acceptors (Lipinski definition) is 6. The monoisotopic (exact) mass is 369 g/mol. The Labute approximate surface area is 157 Å². The van der Waals surface area contributed by atoms with E-state index in [1.54, 1.807) is 29.4 Å². The molecule has 0 bridgehead atoms. The number of piperazine rings is 1. The van der Waals surface area contributed by atoms with Crippen molar-refractivity contribution in [2.45, 2.75) is 31.7 Å². The van der Waals surface area contributed by atoms with Crippen LogP contribution in [0.4, 0.5) is 5.95 Å². The van der Waals surface area contributed by atoms with E-state index in [0.717, 1.165) is 12.8 Å². The molecule has 142 valence electrons. The minimum Gasteiger partial charge on any atom is -0.459 e. The third kappa shape index (κ3) is 3.94. The van der Waals surface area contributed by atoms with Crippen LogP contribution in [-0.2, 0) is 0 Å². The van der Waals surface area contributed by atoms with E-state index in [1.165, 1.54) is 19.1 Å². The summed E-state index contributed by atoms with van der Waals surface area (Å²) in [4.78, 5) is 37.0. The molecule has 0 spiro atoms. The van der Waals surface area contributed by atoms with E-state index in [9.17, 15) is 9.59 Å². The molecule has 1 aliphatic carbocycles. The Morgan fingerprint density at radius 3 is 2.41 bits per heavy atom. The highest BCUT2D eigenvalue weighted by Gasteiger charge is 2.25. The predicted octanol–water partition coefficient (Wildman–Crippen LogP) is 1.70. The average Bonchev–Trinajstić information content (AvgIpc) is 3.42. The minimum absolute atomic E-state index is 0.0977. The lowest BCUT2D eigenvalue weighted by atomic mass is 10.2. The van der Waals surface area contributed by atoms with Crippen molar-refractivity contribution >= 4 is 17.8 Å². The first-order valence-electron chi connectivity index (χ1n) is 9.41. The van der Waals surface area contributed by atoms with Crippen molar-refractivity contribution in [1.82, 2.24) is 20.2 Å². The van der Waals surface area contributed by atoms with Gasteiger partial charge in [-0.05, 0) is 25.0 Å². The summed E-state index contributed by atoms with van der Waals surface area (Å²) in [7, 11) is 0. The van der Waals surface area contributed by atoms with Gasteiger partial charge >= 0.3 is 0 Å². The summed E-state index contributed by atoms with van der Waals surface area (Å²) in [6.07, 6.45) is 9.10. The second-order valence-electron chi connectivity index (χ2n) is 6.98. The number of carbonyl (C=O) groups is 2. The Balaban J connectivity index is 1.32. The minimum atomic E-state index is -0.109. The van der Waals surface area contributed by atoms with Crippen molar-refractivity contribution in [1.29, 1.82) is 0 Å². The highest BCUT2D eigenvalue weighted by atomic mass is 16.3. The average molecular weight is 369 g/mol. The molecule has 1 aliphatic heterocycles. The van der Waals surface area contributed by atoms with Gasteiger partial charge < -0.3 is 19.5 Å². The van der Waals surface area contributed by atoms with Crippen LogP contribution in [0.3, 0.4) is 0 Å². The van der Waals surface area contributed by atoms with Crippen LogP contribution in [0, 0.1) is 0 Å². The van der Waals surface area contributed by atoms with Crippen LogP contribution in [-0.4, -0.2) is 58.9 Å². The van der Waals surface area contributed by atoms with Crippen LogP contribution in [0.2, 0.25) is 0 Å². The fraction of sp³-hybridized carbons (Fsp3) is 0.474. The number of nitrogens with zero attached hydrogens (tertiary/aromatic N) is 4. The maximum Gasteiger partial charge on any atom is 0.289 e. The number of amides is 2. The normalized spacial score (nSPS) is 17.9. The first-order chi connectivity index (χ1) is 13.2. The summed E-state index contributed by atoms with van der Waals surface area (Å²) in [6.45, 7) is 2.43. The molecule has 27 heavy (non-hydrogen) atoms. The van der Waals surface area contributed by atoms with Crippen molar-refractivity contribution in [2.75, 3.05) is 31.1 Å². The number of anilines is 1. The number of rotatable bonds is 4. The third-order valence-corrected chi connectivity index (χ3v) is 5.17. The molecule has 8 nitrogen and oxygen atoms in total. The van der Waals surface area contributed by atoms with Gasteiger partial charge in [-0.25, -0.2) is 9.97 Å². The van der Waals surface area contributed by atoms with Gasteiger partial charge in [0.05, 0.1) is 11.8 Å². The van der Waals surface area contributed by atoms with Crippen LogP contribution in [0.1, 0.15) is 46.6 Å². The second kappa shape index (κ2) is 7.77. The zero-order chi connectivity index (χ0) is 18.6. The van der Waals surface area contributed by atoms with Crippen LogP contribution in [0.15, 0.2) is 35.2 Å². The van der Waals surface area contributed by atoms with Gasteiger partial charge in [-0.3, -0.25) is 9.59 Å². The molecule has 0 radical (unpaired) electrons. The Morgan fingerprint density at radius 2 is 1.78 bits per heavy atom. The number of carbonyl (C=O) groups excluding carboxylic acids is 2. The molecule has 0 unspecified atom stereocenters. The number of aromatic nitrogens is 2. The lowest BCUT2D eigenvalue weighted by molar-refractivity contribution is 0.0714. The second-order valence-corrected chi connectivity index (χ2v) is 6.98. The van der Waals surface area contributed by atoms with Crippen molar-refractivity contribution in [3.63, 3.8) is 0 Å². The summed E-state index contributed by atoms with van der Waals surface area (Å²) < 4.78 is 5.18. The lowest BCUT2D eigenvalue weighted by Gasteiger charge is -2.34. The van der Waals surface area contributed by atoms with Crippen LogP contribution < -0.4 is 10.2 Å². The molecule has 8 heteroatoms. The van der Waals surface area contributed by atoms with Gasteiger partial charge in [0.1, 0.15) is 0 Å². The molecule has 4 rings (SSSR count). The molecule has 0 atom stereocenters. The van der Waals surface area contributed by atoms with Crippen molar-refractivity contribution in [3.8, 4) is 0 Å². The fourth-order valence-electron chi connectivity index (χ4n) is 3.61. The van der Waals surface area contributed by atoms with Crippen molar-refractivity contribution in [2.24, 2.45) is 0 Å². The van der Waals surface area contributed by atoms with Crippen molar-refractivity contribution in [3.05, 3.63) is 42.1 Å². The van der Waals surface area contributed by atoms with Gasteiger partial charge in [0, 0.05) is 44.6 Å². The topological polar surface area (TPSA) is 91.6 Å². The van der Waals surface area contributed by atoms with Crippen LogP contribution in [0.5, 0.6) is 0 Å². The molecular weight excluding hydrogens is 346 g/mol. The Bertz CT molecular complexity index is 776. The van der Waals surface area contributed by atoms with Crippen LogP contribution >= 0.6 is 0 Å². The molecule has 2 aromatic heterocycles. The fourth-order valence-corrected chi connectivity index (χ4v) is 3.61. The lowest BCUT2D eigenvalue weighted by Crippen LogP contribution is -2.49. The molecule has 0 aromatic carbocycles. The smallest absolute Gasteiger partial charge is 0.289 e. The maximum absolute atomic E-state index is 12.3.